The summed E-state index contributed by atoms with van der Waals surface area (Å²) in [6, 6.07) is 60.7. The summed E-state index contributed by atoms with van der Waals surface area (Å²) in [7, 11) is -6.13. The number of methoxy groups -OCH3 is 1. The van der Waals surface area contributed by atoms with E-state index in [1.807, 2.05) is 85.8 Å². The monoisotopic (exact) mass is 1360 g/mol. The largest absolute Gasteiger partial charge is 0.497 e. The number of sulfonamides is 2. The summed E-state index contributed by atoms with van der Waals surface area (Å²) in [6.07, 6.45) is 8.48. The highest BCUT2D eigenvalue weighted by Crippen LogP contribution is 2.31. The fraction of sp³-hybridized carbons (Fsp3) is 0.247. The lowest BCUT2D eigenvalue weighted by molar-refractivity contribution is -0.137. The third-order valence-electron chi connectivity index (χ3n) is 16.2. The molecule has 0 atom stereocenters. The molecular weight excluding hydrogens is 1280 g/mol. The fourth-order valence-electron chi connectivity index (χ4n) is 10.9. The van der Waals surface area contributed by atoms with Crippen molar-refractivity contribution in [3.05, 3.63) is 285 Å². The molecule has 6 N–H and O–H groups in total. The molecule has 0 aliphatic rings. The molecule has 0 saturated heterocycles. The number of carboxylic acids is 3. The van der Waals surface area contributed by atoms with Crippen LogP contribution in [0.1, 0.15) is 151 Å². The van der Waals surface area contributed by atoms with E-state index in [1.54, 1.807) is 122 Å². The van der Waals surface area contributed by atoms with Gasteiger partial charge in [0, 0.05) is 11.3 Å². The van der Waals surface area contributed by atoms with Crippen molar-refractivity contribution in [2.24, 2.45) is 0 Å². The molecule has 20 heteroatoms. The smallest absolute Gasteiger partial charge is 0.416 e. The number of para-hydroxylation sites is 3. The summed E-state index contributed by atoms with van der Waals surface area (Å²) < 4.78 is 99.7. The van der Waals surface area contributed by atoms with Crippen molar-refractivity contribution in [3.8, 4) is 5.75 Å². The number of hydrogen-bond acceptors (Lipinski definition) is 9. The van der Waals surface area contributed by atoms with Gasteiger partial charge in [-0.1, -0.05) is 154 Å². The summed E-state index contributed by atoms with van der Waals surface area (Å²) in [5, 5.41) is 30.9. The highest BCUT2D eigenvalue weighted by Gasteiger charge is 2.31. The Balaban J connectivity index is 0.000000205. The second kappa shape index (κ2) is 36.7. The van der Waals surface area contributed by atoms with Crippen molar-refractivity contribution in [1.29, 1.82) is 0 Å². The summed E-state index contributed by atoms with van der Waals surface area (Å²) >= 11 is 0. The Morgan fingerprint density at radius 1 is 0.402 bits per heavy atom. The molecule has 0 bridgehead atoms. The summed E-state index contributed by atoms with van der Waals surface area (Å²) in [6.45, 7) is 2.03. The van der Waals surface area contributed by atoms with Crippen molar-refractivity contribution in [3.63, 3.8) is 0 Å². The number of ether oxygens (including phenoxy) is 1. The minimum atomic E-state index is -4.54. The number of carboxylic acid groups (broad SMARTS) is 3. The van der Waals surface area contributed by atoms with Crippen LogP contribution >= 0.6 is 0 Å². The van der Waals surface area contributed by atoms with Crippen LogP contribution in [-0.4, -0.2) is 63.1 Å². The maximum absolute atomic E-state index is 12.8. The Hall–Kier alpha value is -10.1. The molecule has 0 radical (unpaired) electrons. The zero-order valence-corrected chi connectivity index (χ0v) is 55.7. The number of carbonyl (C=O) groups is 4. The number of rotatable bonds is 31. The van der Waals surface area contributed by atoms with Crippen LogP contribution in [0.25, 0.3) is 0 Å². The molecule has 0 aliphatic heterocycles. The van der Waals surface area contributed by atoms with Crippen LogP contribution in [0.4, 0.5) is 30.2 Å². The van der Waals surface area contributed by atoms with E-state index in [-0.39, 0.29) is 15.7 Å². The number of amides is 1. The Labute approximate surface area is 565 Å². The molecular formula is C77H80F3N3O12S2. The van der Waals surface area contributed by atoms with Crippen molar-refractivity contribution in [1.82, 2.24) is 0 Å². The second-order valence-electron chi connectivity index (χ2n) is 23.0. The maximum atomic E-state index is 12.8. The van der Waals surface area contributed by atoms with Gasteiger partial charge in [-0.15, -0.1) is 0 Å². The molecule has 0 aliphatic carbocycles. The number of aromatic carboxylic acids is 3. The second-order valence-corrected chi connectivity index (χ2v) is 26.3. The molecule has 0 heterocycles. The number of unbranched alkanes of at least 4 members (excludes halogenated alkanes) is 6. The van der Waals surface area contributed by atoms with Crippen molar-refractivity contribution >= 4 is 60.9 Å². The molecule has 0 aromatic heterocycles. The SMILES string of the molecule is CCc1ccc(S(=O)(=O)Nc2ccccc2CCCCCc2ccccc2C(=O)O)cc1.COc1cccc(C(=O)Nc2ccccc2CCCCCc2ccccc2C(=O)O)c1.O=C(O)c1ccccc1CCCCCc1ccccc1NS(=O)(=O)c1ccc(C(F)(F)F)cc1. The van der Waals surface area contributed by atoms with Gasteiger partial charge in [-0.05, 0) is 213 Å². The first kappa shape index (κ1) is 74.3. The first-order valence-electron chi connectivity index (χ1n) is 32.0. The van der Waals surface area contributed by atoms with Crippen molar-refractivity contribution in [2.45, 2.75) is 126 Å². The van der Waals surface area contributed by atoms with Crippen LogP contribution in [0.5, 0.6) is 5.75 Å². The molecule has 9 aromatic rings. The number of nitrogens with one attached hydrogen (secondary N) is 3. The van der Waals surface area contributed by atoms with E-state index in [1.165, 1.54) is 0 Å². The van der Waals surface area contributed by atoms with Crippen LogP contribution in [0.15, 0.2) is 228 Å². The van der Waals surface area contributed by atoms with Gasteiger partial charge in [0.2, 0.25) is 0 Å². The zero-order chi connectivity index (χ0) is 69.8. The average Bonchev–Trinajstić information content (AvgIpc) is 0.854. The minimum absolute atomic E-state index is 0.170. The van der Waals surface area contributed by atoms with Gasteiger partial charge < -0.3 is 25.4 Å². The van der Waals surface area contributed by atoms with Crippen LogP contribution in [0, 0.1) is 0 Å². The molecule has 0 saturated carbocycles. The number of carbonyl (C=O) groups excluding carboxylic acids is 1. The van der Waals surface area contributed by atoms with E-state index in [4.69, 9.17) is 4.74 Å². The van der Waals surface area contributed by atoms with Gasteiger partial charge >= 0.3 is 24.1 Å². The first-order chi connectivity index (χ1) is 46.6. The zero-order valence-electron chi connectivity index (χ0n) is 54.1. The van der Waals surface area contributed by atoms with Crippen LogP contribution in [-0.2, 0) is 71.2 Å². The molecule has 97 heavy (non-hydrogen) atoms. The van der Waals surface area contributed by atoms with Gasteiger partial charge in [-0.2, -0.15) is 13.2 Å². The summed E-state index contributed by atoms with van der Waals surface area (Å²) in [5.41, 5.74) is 8.86. The number of hydrogen-bond donors (Lipinski definition) is 6. The molecule has 1 amide bonds. The van der Waals surface area contributed by atoms with E-state index >= 15 is 0 Å². The topological polar surface area (TPSA) is 243 Å². The molecule has 508 valence electrons. The quantitative estimate of drug-likeness (QED) is 0.0222. The Kier molecular flexibility index (Phi) is 28.2. The number of halogens is 3. The maximum Gasteiger partial charge on any atom is 0.416 e. The number of anilines is 3. The summed E-state index contributed by atoms with van der Waals surface area (Å²) in [5.74, 6) is -2.26. The first-order valence-corrected chi connectivity index (χ1v) is 35.0. The predicted octanol–water partition coefficient (Wildman–Crippen LogP) is 17.5. The van der Waals surface area contributed by atoms with Crippen molar-refractivity contribution < 1.29 is 69.2 Å². The molecule has 0 unspecified atom stereocenters. The third kappa shape index (κ3) is 23.1. The number of benzene rings is 9. The van der Waals surface area contributed by atoms with E-state index in [2.05, 4.69) is 14.8 Å². The van der Waals surface area contributed by atoms with Crippen LogP contribution < -0.4 is 19.5 Å². The normalized spacial score (nSPS) is 11.2. The average molecular weight is 1360 g/mol. The van der Waals surface area contributed by atoms with E-state index in [0.717, 1.165) is 152 Å². The molecule has 0 fully saturated rings. The van der Waals surface area contributed by atoms with E-state index < -0.39 is 49.7 Å². The third-order valence-corrected chi connectivity index (χ3v) is 18.9. The van der Waals surface area contributed by atoms with Gasteiger partial charge in [0.15, 0.2) is 0 Å². The van der Waals surface area contributed by atoms with Crippen LogP contribution in [0.3, 0.4) is 0 Å². The molecule has 15 nitrogen and oxygen atoms in total. The highest BCUT2D eigenvalue weighted by molar-refractivity contribution is 7.93. The predicted molar refractivity (Wildman–Crippen MR) is 373 cm³/mol. The highest BCUT2D eigenvalue weighted by atomic mass is 32.2. The standard InChI is InChI=1S/C26H29NO4S.C26H27NO4.C25H24F3NO4S/c1-2-20-16-18-23(19-17-20)32(30,31)27-25-15-9-7-13-22(25)12-5-3-4-10-21-11-6-8-14-24(21)26(28)29;1-31-22-15-9-14-21(18-22)25(28)27-24-17-8-6-13-20(24)12-4-2-3-10-19-11-5-7-16-23(19)26(29)30;26-25(27,28)20-14-16-21(17-15-20)34(32,33)29-23-13-7-5-11-19(23)10-3-1-2-8-18-9-4-6-12-22(18)24(30)31/h6-9,11,13-19,27H,2-5,10,12H2,1H3,(H,28,29);5-9,11,13-18H,2-4,10,12H2,1H3,(H,27,28)(H,29,30);4-7,9,11-17,29H,1-3,8,10H2,(H,30,31). The fourth-order valence-corrected chi connectivity index (χ4v) is 13.1. The number of aryl methyl sites for hydroxylation is 7. The molecule has 0 spiro atoms. The Morgan fingerprint density at radius 3 is 1.09 bits per heavy atom. The lowest BCUT2D eigenvalue weighted by atomic mass is 9.99. The Morgan fingerprint density at radius 2 is 0.732 bits per heavy atom. The van der Waals surface area contributed by atoms with Gasteiger partial charge in [0.25, 0.3) is 26.0 Å². The molecule has 9 rings (SSSR count). The lowest BCUT2D eigenvalue weighted by Crippen LogP contribution is -2.15. The van der Waals surface area contributed by atoms with Crippen molar-refractivity contribution in [2.75, 3.05) is 21.9 Å². The summed E-state index contributed by atoms with van der Waals surface area (Å²) in [4.78, 5) is 46.6. The van der Waals surface area contributed by atoms with Gasteiger partial charge in [0.05, 0.1) is 50.5 Å². The van der Waals surface area contributed by atoms with Gasteiger partial charge in [-0.25, -0.2) is 31.2 Å². The minimum Gasteiger partial charge on any atom is -0.497 e. The van der Waals surface area contributed by atoms with E-state index in [0.29, 0.717) is 58.6 Å². The van der Waals surface area contributed by atoms with Gasteiger partial charge in [0.1, 0.15) is 5.75 Å². The Bertz CT molecular complexity index is 4320. The van der Waals surface area contributed by atoms with E-state index in [9.17, 15) is 64.5 Å². The van der Waals surface area contributed by atoms with Crippen LogP contribution in [0.2, 0.25) is 0 Å². The molecule has 9 aromatic carbocycles. The lowest BCUT2D eigenvalue weighted by Gasteiger charge is -2.13. The number of alkyl halides is 3. The van der Waals surface area contributed by atoms with Gasteiger partial charge in [-0.3, -0.25) is 14.2 Å².